The fraction of sp³-hybridized carbons (Fsp3) is 0.381. The van der Waals surface area contributed by atoms with Crippen molar-refractivity contribution in [2.45, 2.75) is 32.1 Å². The first kappa shape index (κ1) is 16.9. The van der Waals surface area contributed by atoms with Gasteiger partial charge in [-0.15, -0.1) is 0 Å². The highest BCUT2D eigenvalue weighted by atomic mass is 16.3. The van der Waals surface area contributed by atoms with Crippen LogP contribution in [0.3, 0.4) is 0 Å². The van der Waals surface area contributed by atoms with Crippen molar-refractivity contribution < 1.29 is 9.21 Å². The number of H-pyrrole nitrogens is 1. The number of amides is 1. The van der Waals surface area contributed by atoms with Gasteiger partial charge in [-0.1, -0.05) is 6.92 Å². The Bertz CT molecular complexity index is 874. The highest BCUT2D eigenvalue weighted by molar-refractivity contribution is 6.05. The third kappa shape index (κ3) is 3.40. The summed E-state index contributed by atoms with van der Waals surface area (Å²) in [6.07, 6.45) is 8.72. The predicted molar refractivity (Wildman–Crippen MR) is 104 cm³/mol. The van der Waals surface area contributed by atoms with E-state index in [1.54, 1.807) is 6.07 Å². The van der Waals surface area contributed by atoms with E-state index in [1.807, 2.05) is 12.1 Å². The van der Waals surface area contributed by atoms with Gasteiger partial charge in [0.2, 0.25) is 0 Å². The number of carbonyl (C=O) groups is 1. The summed E-state index contributed by atoms with van der Waals surface area (Å²) >= 11 is 0. The minimum atomic E-state index is -0.150. The highest BCUT2D eigenvalue weighted by Crippen LogP contribution is 2.34. The van der Waals surface area contributed by atoms with Crippen molar-refractivity contribution in [2.75, 3.05) is 25.0 Å². The molecule has 0 saturated carbocycles. The van der Waals surface area contributed by atoms with E-state index in [4.69, 9.17) is 4.42 Å². The Morgan fingerprint density at radius 2 is 2.15 bits per heavy atom. The zero-order chi connectivity index (χ0) is 17.9. The number of benzene rings is 1. The number of likely N-dealkylation sites (tertiary alicyclic amines) is 1. The molecule has 4 rings (SSSR count). The molecule has 3 heterocycles. The van der Waals surface area contributed by atoms with Gasteiger partial charge in [0, 0.05) is 22.8 Å². The van der Waals surface area contributed by atoms with Crippen LogP contribution in [0.5, 0.6) is 0 Å². The molecule has 0 spiro atoms. The summed E-state index contributed by atoms with van der Waals surface area (Å²) in [7, 11) is 0. The van der Waals surface area contributed by atoms with Crippen molar-refractivity contribution >= 4 is 22.5 Å². The van der Waals surface area contributed by atoms with Crippen LogP contribution in [0.1, 0.15) is 48.0 Å². The molecular weight excluding hydrogens is 326 g/mol. The third-order valence-electron chi connectivity index (χ3n) is 5.32. The standard InChI is InChI=1S/C21H25N3O2/c1-2-8-24-9-5-15(6-10-24)19-13-22-20-4-3-17(12-18(19)20)23-21(25)16-7-11-26-14-16/h3-4,7,11-15,22H,2,5-6,8-10H2,1H3,(H,23,25). The van der Waals surface area contributed by atoms with Gasteiger partial charge in [-0.2, -0.15) is 0 Å². The van der Waals surface area contributed by atoms with Crippen LogP contribution in [0.2, 0.25) is 0 Å². The second kappa shape index (κ2) is 7.38. The van der Waals surface area contributed by atoms with Crippen molar-refractivity contribution in [3.8, 4) is 0 Å². The van der Waals surface area contributed by atoms with Crippen molar-refractivity contribution in [2.24, 2.45) is 0 Å². The number of nitrogens with zero attached hydrogens (tertiary/aromatic N) is 1. The summed E-state index contributed by atoms with van der Waals surface area (Å²) in [5, 5.41) is 4.17. The molecule has 0 unspecified atom stereocenters. The second-order valence-corrected chi connectivity index (χ2v) is 7.09. The number of fused-ring (bicyclic) bond motifs is 1. The van der Waals surface area contributed by atoms with Gasteiger partial charge in [-0.25, -0.2) is 0 Å². The number of hydrogen-bond acceptors (Lipinski definition) is 3. The molecule has 3 aromatic rings. The van der Waals surface area contributed by atoms with E-state index in [-0.39, 0.29) is 5.91 Å². The third-order valence-corrected chi connectivity index (χ3v) is 5.32. The Labute approximate surface area is 153 Å². The molecule has 136 valence electrons. The largest absolute Gasteiger partial charge is 0.472 e. The topological polar surface area (TPSA) is 61.3 Å². The van der Waals surface area contributed by atoms with Crippen LogP contribution in [0.25, 0.3) is 10.9 Å². The Morgan fingerprint density at radius 3 is 2.88 bits per heavy atom. The van der Waals surface area contributed by atoms with E-state index in [2.05, 4.69) is 34.4 Å². The first-order valence-corrected chi connectivity index (χ1v) is 9.41. The molecule has 1 aliphatic heterocycles. The smallest absolute Gasteiger partial charge is 0.258 e. The summed E-state index contributed by atoms with van der Waals surface area (Å²) in [6.45, 7) is 5.78. The molecule has 5 nitrogen and oxygen atoms in total. The van der Waals surface area contributed by atoms with Crippen molar-refractivity contribution in [1.82, 2.24) is 9.88 Å². The monoisotopic (exact) mass is 351 g/mol. The van der Waals surface area contributed by atoms with Gasteiger partial charge < -0.3 is 19.6 Å². The van der Waals surface area contributed by atoms with Gasteiger partial charge in [0.25, 0.3) is 5.91 Å². The van der Waals surface area contributed by atoms with Crippen LogP contribution in [0.4, 0.5) is 5.69 Å². The zero-order valence-electron chi connectivity index (χ0n) is 15.1. The van der Waals surface area contributed by atoms with Gasteiger partial charge in [-0.05, 0) is 74.6 Å². The van der Waals surface area contributed by atoms with Crippen molar-refractivity contribution in [1.29, 1.82) is 0 Å². The highest BCUT2D eigenvalue weighted by Gasteiger charge is 2.22. The number of furan rings is 1. The summed E-state index contributed by atoms with van der Waals surface area (Å²) in [5.41, 5.74) is 3.84. The fourth-order valence-electron chi connectivity index (χ4n) is 3.94. The van der Waals surface area contributed by atoms with Crippen LogP contribution < -0.4 is 5.32 Å². The van der Waals surface area contributed by atoms with Gasteiger partial charge in [0.05, 0.1) is 11.8 Å². The summed E-state index contributed by atoms with van der Waals surface area (Å²) in [4.78, 5) is 18.2. The number of aromatic amines is 1. The van der Waals surface area contributed by atoms with Crippen LogP contribution in [0, 0.1) is 0 Å². The van der Waals surface area contributed by atoms with E-state index in [9.17, 15) is 4.79 Å². The lowest BCUT2D eigenvalue weighted by Gasteiger charge is -2.31. The molecule has 1 amide bonds. The Hall–Kier alpha value is -2.53. The molecule has 2 aromatic heterocycles. The lowest BCUT2D eigenvalue weighted by molar-refractivity contribution is 0.102. The summed E-state index contributed by atoms with van der Waals surface area (Å²) < 4.78 is 4.99. The van der Waals surface area contributed by atoms with Gasteiger partial charge in [0.15, 0.2) is 0 Å². The average Bonchev–Trinajstić information content (AvgIpc) is 3.32. The zero-order valence-corrected chi connectivity index (χ0v) is 15.1. The molecule has 1 saturated heterocycles. The molecule has 1 aromatic carbocycles. The molecule has 1 aliphatic rings. The van der Waals surface area contributed by atoms with E-state index in [0.717, 1.165) is 11.2 Å². The van der Waals surface area contributed by atoms with Crippen LogP contribution in [-0.2, 0) is 0 Å². The lowest BCUT2D eigenvalue weighted by Crippen LogP contribution is -2.33. The molecule has 26 heavy (non-hydrogen) atoms. The predicted octanol–water partition coefficient (Wildman–Crippen LogP) is 4.60. The number of hydrogen-bond donors (Lipinski definition) is 2. The van der Waals surface area contributed by atoms with Gasteiger partial charge in [-0.3, -0.25) is 4.79 Å². The van der Waals surface area contributed by atoms with Crippen molar-refractivity contribution in [3.63, 3.8) is 0 Å². The molecule has 0 radical (unpaired) electrons. The molecule has 5 heteroatoms. The molecule has 0 bridgehead atoms. The normalized spacial score (nSPS) is 16.2. The Morgan fingerprint density at radius 1 is 1.31 bits per heavy atom. The number of anilines is 1. The van der Waals surface area contributed by atoms with E-state index >= 15 is 0 Å². The Kier molecular flexibility index (Phi) is 4.80. The number of nitrogens with one attached hydrogen (secondary N) is 2. The summed E-state index contributed by atoms with van der Waals surface area (Å²) in [6, 6.07) is 7.72. The lowest BCUT2D eigenvalue weighted by atomic mass is 9.89. The minimum Gasteiger partial charge on any atom is -0.472 e. The quantitative estimate of drug-likeness (QED) is 0.706. The molecule has 0 aliphatic carbocycles. The van der Waals surface area contributed by atoms with Crippen LogP contribution in [0.15, 0.2) is 47.4 Å². The van der Waals surface area contributed by atoms with Gasteiger partial charge in [0.1, 0.15) is 6.26 Å². The maximum Gasteiger partial charge on any atom is 0.258 e. The van der Waals surface area contributed by atoms with Gasteiger partial charge >= 0.3 is 0 Å². The fourth-order valence-corrected chi connectivity index (χ4v) is 3.94. The Balaban J connectivity index is 1.53. The van der Waals surface area contributed by atoms with Crippen LogP contribution in [-0.4, -0.2) is 35.4 Å². The SMILES string of the molecule is CCCN1CCC(c2c[nH]c3ccc(NC(=O)c4ccoc4)cc23)CC1. The summed E-state index contributed by atoms with van der Waals surface area (Å²) in [5.74, 6) is 0.430. The first-order valence-electron chi connectivity index (χ1n) is 9.41. The molecule has 1 fully saturated rings. The minimum absolute atomic E-state index is 0.150. The number of rotatable bonds is 5. The second-order valence-electron chi connectivity index (χ2n) is 7.09. The maximum absolute atomic E-state index is 12.2. The average molecular weight is 351 g/mol. The van der Waals surface area contributed by atoms with E-state index in [1.165, 1.54) is 62.4 Å². The van der Waals surface area contributed by atoms with E-state index in [0.29, 0.717) is 11.5 Å². The van der Waals surface area contributed by atoms with E-state index < -0.39 is 0 Å². The molecule has 0 atom stereocenters. The van der Waals surface area contributed by atoms with Crippen molar-refractivity contribution in [3.05, 3.63) is 54.1 Å². The molecular formula is C21H25N3O2. The molecule has 2 N–H and O–H groups in total. The first-order chi connectivity index (χ1) is 12.7. The number of piperidine rings is 1. The van der Waals surface area contributed by atoms with Crippen LogP contribution >= 0.6 is 0 Å². The number of carbonyl (C=O) groups excluding carboxylic acids is 1. The number of aromatic nitrogens is 1. The maximum atomic E-state index is 12.2.